The molecule has 8 nitrogen and oxygen atoms in total. The van der Waals surface area contributed by atoms with Gasteiger partial charge in [-0.05, 0) is 68.9 Å². The molecule has 0 spiro atoms. The van der Waals surface area contributed by atoms with E-state index in [1.807, 2.05) is 53.1 Å². The number of para-hydroxylation sites is 2. The highest BCUT2D eigenvalue weighted by Gasteiger charge is 2.26. The highest BCUT2D eigenvalue weighted by molar-refractivity contribution is 6.30. The van der Waals surface area contributed by atoms with E-state index in [1.54, 1.807) is 30.0 Å². The van der Waals surface area contributed by atoms with Gasteiger partial charge in [0.05, 0.1) is 39.2 Å². The summed E-state index contributed by atoms with van der Waals surface area (Å²) >= 11 is 6.05. The number of amides is 1. The fourth-order valence-electron chi connectivity index (χ4n) is 5.54. The molecule has 0 saturated heterocycles. The van der Waals surface area contributed by atoms with Crippen molar-refractivity contribution in [1.29, 1.82) is 0 Å². The van der Waals surface area contributed by atoms with Gasteiger partial charge in [0.25, 0.3) is 5.91 Å². The molecule has 198 valence electrons. The number of nitrogens with zero attached hydrogens (tertiary/aromatic N) is 4. The molecule has 1 saturated carbocycles. The summed E-state index contributed by atoms with van der Waals surface area (Å²) in [6, 6.07) is 17.4. The van der Waals surface area contributed by atoms with E-state index in [0.717, 1.165) is 48.0 Å². The van der Waals surface area contributed by atoms with Crippen LogP contribution in [0.5, 0.6) is 0 Å². The van der Waals surface area contributed by atoms with Crippen LogP contribution in [0.15, 0.2) is 82.6 Å². The molecule has 1 aliphatic carbocycles. The molecule has 3 aromatic heterocycles. The fraction of sp³-hybridized carbons (Fsp3) is 0.267. The molecule has 0 aliphatic heterocycles. The molecule has 0 atom stereocenters. The van der Waals surface area contributed by atoms with Crippen molar-refractivity contribution >= 4 is 28.5 Å². The second-order valence-corrected chi connectivity index (χ2v) is 10.5. The van der Waals surface area contributed by atoms with Crippen molar-refractivity contribution in [3.63, 3.8) is 0 Å². The standard InChI is InChI=1S/C30H28ClN5O3/c1-19-25(14-22(31)15-33-19)29(37)34-23-11-9-20(10-12-23)17-35-26-7-2-3-8-27(26)36(30(35)38)24-6-4-5-21(13-24)28-16-32-18-39-28/h2-8,13-16,18,20,23H,9-12,17H2,1H3,(H,34,37). The number of fused-ring (bicyclic) bond motifs is 1. The Kier molecular flexibility index (Phi) is 6.79. The zero-order valence-electron chi connectivity index (χ0n) is 21.5. The number of halogens is 1. The van der Waals surface area contributed by atoms with Crippen molar-refractivity contribution in [1.82, 2.24) is 24.4 Å². The number of rotatable bonds is 6. The van der Waals surface area contributed by atoms with E-state index in [1.165, 1.54) is 6.39 Å². The summed E-state index contributed by atoms with van der Waals surface area (Å²) in [6.07, 6.45) is 8.17. The van der Waals surface area contributed by atoms with Gasteiger partial charge in [-0.1, -0.05) is 35.9 Å². The monoisotopic (exact) mass is 541 g/mol. The van der Waals surface area contributed by atoms with E-state index in [2.05, 4.69) is 15.3 Å². The van der Waals surface area contributed by atoms with Crippen LogP contribution in [0.25, 0.3) is 28.0 Å². The third kappa shape index (κ3) is 5.00. The molecule has 2 aromatic carbocycles. The number of aryl methyl sites for hydroxylation is 1. The van der Waals surface area contributed by atoms with Gasteiger partial charge in [0.1, 0.15) is 0 Å². The van der Waals surface area contributed by atoms with E-state index in [9.17, 15) is 9.59 Å². The molecule has 9 heteroatoms. The first-order valence-electron chi connectivity index (χ1n) is 13.1. The second kappa shape index (κ2) is 10.5. The molecule has 1 fully saturated rings. The summed E-state index contributed by atoms with van der Waals surface area (Å²) in [7, 11) is 0. The molecule has 1 amide bonds. The van der Waals surface area contributed by atoms with E-state index in [4.69, 9.17) is 16.0 Å². The highest BCUT2D eigenvalue weighted by atomic mass is 35.5. The van der Waals surface area contributed by atoms with Crippen molar-refractivity contribution in [3.8, 4) is 17.0 Å². The molecular weight excluding hydrogens is 514 g/mol. The van der Waals surface area contributed by atoms with Crippen LogP contribution in [0.2, 0.25) is 5.02 Å². The number of hydrogen-bond donors (Lipinski definition) is 1. The van der Waals surface area contributed by atoms with Crippen molar-refractivity contribution < 1.29 is 9.21 Å². The maximum Gasteiger partial charge on any atom is 0.333 e. The lowest BCUT2D eigenvalue weighted by Gasteiger charge is -2.29. The molecule has 6 rings (SSSR count). The fourth-order valence-corrected chi connectivity index (χ4v) is 5.70. The summed E-state index contributed by atoms with van der Waals surface area (Å²) < 4.78 is 9.12. The van der Waals surface area contributed by atoms with Gasteiger partial charge in [0.2, 0.25) is 0 Å². The minimum Gasteiger partial charge on any atom is -0.444 e. The van der Waals surface area contributed by atoms with Gasteiger partial charge in [-0.25, -0.2) is 9.78 Å². The summed E-state index contributed by atoms with van der Waals surface area (Å²) in [4.78, 5) is 34.8. The van der Waals surface area contributed by atoms with Crippen LogP contribution in [-0.4, -0.2) is 31.1 Å². The first-order valence-corrected chi connectivity index (χ1v) is 13.5. The summed E-state index contributed by atoms with van der Waals surface area (Å²) in [6.45, 7) is 2.44. The quantitative estimate of drug-likeness (QED) is 0.293. The van der Waals surface area contributed by atoms with Crippen LogP contribution in [0.1, 0.15) is 41.7 Å². The Labute approximate surface area is 230 Å². The maximum absolute atomic E-state index is 13.8. The number of imidazole rings is 1. The molecule has 1 aliphatic rings. The predicted molar refractivity (Wildman–Crippen MR) is 150 cm³/mol. The van der Waals surface area contributed by atoms with Gasteiger partial charge in [0.15, 0.2) is 12.2 Å². The van der Waals surface area contributed by atoms with Crippen LogP contribution in [0.3, 0.4) is 0 Å². The molecule has 39 heavy (non-hydrogen) atoms. The number of carbonyl (C=O) groups excluding carboxylic acids is 1. The predicted octanol–water partition coefficient (Wildman–Crippen LogP) is 5.79. The highest BCUT2D eigenvalue weighted by Crippen LogP contribution is 2.28. The van der Waals surface area contributed by atoms with Crippen molar-refractivity contribution in [2.75, 3.05) is 0 Å². The molecular formula is C30H28ClN5O3. The lowest BCUT2D eigenvalue weighted by atomic mass is 9.85. The van der Waals surface area contributed by atoms with Gasteiger partial charge in [0, 0.05) is 24.3 Å². The SMILES string of the molecule is Cc1ncc(Cl)cc1C(=O)NC1CCC(Cn2c(=O)n(-c3cccc(-c4cnco4)c3)c3ccccc32)CC1. The first-order chi connectivity index (χ1) is 19.0. The van der Waals surface area contributed by atoms with Gasteiger partial charge in [-0.2, -0.15) is 0 Å². The Bertz CT molecular complexity index is 1700. The third-order valence-corrected chi connectivity index (χ3v) is 7.78. The number of aromatic nitrogens is 4. The van der Waals surface area contributed by atoms with E-state index in [0.29, 0.717) is 34.5 Å². The largest absolute Gasteiger partial charge is 0.444 e. The number of benzene rings is 2. The van der Waals surface area contributed by atoms with Crippen molar-refractivity contribution in [3.05, 3.63) is 100 Å². The van der Waals surface area contributed by atoms with Gasteiger partial charge in [-0.3, -0.25) is 18.9 Å². The molecule has 1 N–H and O–H groups in total. The number of hydrogen-bond acceptors (Lipinski definition) is 5. The minimum absolute atomic E-state index is 0.0646. The molecule has 3 heterocycles. The molecule has 0 radical (unpaired) electrons. The Morgan fingerprint density at radius 3 is 2.62 bits per heavy atom. The average molecular weight is 542 g/mol. The Balaban J connectivity index is 1.20. The van der Waals surface area contributed by atoms with Crippen molar-refractivity contribution in [2.24, 2.45) is 5.92 Å². The zero-order chi connectivity index (χ0) is 26.9. The average Bonchev–Trinajstić information content (AvgIpc) is 3.58. The Morgan fingerprint density at radius 2 is 1.85 bits per heavy atom. The van der Waals surface area contributed by atoms with Crippen molar-refractivity contribution in [2.45, 2.75) is 45.2 Å². The van der Waals surface area contributed by atoms with Crippen LogP contribution < -0.4 is 11.0 Å². The number of nitrogens with one attached hydrogen (secondary N) is 1. The lowest BCUT2D eigenvalue weighted by Crippen LogP contribution is -2.39. The van der Waals surface area contributed by atoms with E-state index < -0.39 is 0 Å². The molecule has 0 bridgehead atoms. The van der Waals surface area contributed by atoms with Gasteiger partial charge in [-0.15, -0.1) is 0 Å². The second-order valence-electron chi connectivity index (χ2n) is 10.1. The van der Waals surface area contributed by atoms with E-state index in [-0.39, 0.29) is 17.6 Å². The topological polar surface area (TPSA) is 95.0 Å². The number of pyridine rings is 1. The molecule has 0 unspecified atom stereocenters. The third-order valence-electron chi connectivity index (χ3n) is 7.58. The number of carbonyl (C=O) groups is 1. The first kappa shape index (κ1) is 25.1. The van der Waals surface area contributed by atoms with Crippen LogP contribution in [-0.2, 0) is 6.54 Å². The molecule has 5 aromatic rings. The smallest absolute Gasteiger partial charge is 0.333 e. The number of oxazole rings is 1. The van der Waals surface area contributed by atoms with E-state index >= 15 is 0 Å². The lowest BCUT2D eigenvalue weighted by molar-refractivity contribution is 0.0919. The zero-order valence-corrected chi connectivity index (χ0v) is 22.3. The minimum atomic E-state index is -0.141. The van der Waals surface area contributed by atoms with Crippen LogP contribution >= 0.6 is 11.6 Å². The normalized spacial score (nSPS) is 17.4. The maximum atomic E-state index is 13.8. The van der Waals surface area contributed by atoms with Gasteiger partial charge >= 0.3 is 5.69 Å². The summed E-state index contributed by atoms with van der Waals surface area (Å²) in [5.74, 6) is 0.849. The summed E-state index contributed by atoms with van der Waals surface area (Å²) in [5, 5.41) is 3.60. The van der Waals surface area contributed by atoms with Crippen LogP contribution in [0.4, 0.5) is 0 Å². The van der Waals surface area contributed by atoms with Gasteiger partial charge < -0.3 is 9.73 Å². The van der Waals surface area contributed by atoms with Crippen LogP contribution in [0, 0.1) is 12.8 Å². The Morgan fingerprint density at radius 1 is 1.05 bits per heavy atom. The summed E-state index contributed by atoms with van der Waals surface area (Å²) in [5.41, 5.74) is 4.52. The Hall–Kier alpha value is -4.17.